The summed E-state index contributed by atoms with van der Waals surface area (Å²) in [5.74, 6) is 1.45. The van der Waals surface area contributed by atoms with Crippen LogP contribution in [0.3, 0.4) is 0 Å². The molecule has 1 aliphatic carbocycles. The average Bonchev–Trinajstić information content (AvgIpc) is 2.52. The van der Waals surface area contributed by atoms with Crippen LogP contribution in [-0.4, -0.2) is 30.8 Å². The van der Waals surface area contributed by atoms with Crippen LogP contribution in [0, 0.1) is 5.92 Å². The van der Waals surface area contributed by atoms with Crippen LogP contribution in [0.15, 0.2) is 24.3 Å². The molecule has 0 heterocycles. The van der Waals surface area contributed by atoms with E-state index in [0.717, 1.165) is 43.5 Å². The Bertz CT molecular complexity index is 453. The van der Waals surface area contributed by atoms with Crippen molar-refractivity contribution in [2.75, 3.05) is 13.7 Å². The van der Waals surface area contributed by atoms with Crippen LogP contribution in [0.2, 0.25) is 0 Å². The Kier molecular flexibility index (Phi) is 6.05. The highest BCUT2D eigenvalue weighted by atomic mass is 16.5. The third-order valence-electron chi connectivity index (χ3n) is 4.22. The fourth-order valence-corrected chi connectivity index (χ4v) is 2.85. The molecular weight excluding hydrogens is 266 g/mol. The summed E-state index contributed by atoms with van der Waals surface area (Å²) in [5, 5.41) is 12.5. The molecule has 4 heteroatoms. The maximum Gasteiger partial charge on any atom is 0.220 e. The van der Waals surface area contributed by atoms with Gasteiger partial charge in [0.15, 0.2) is 0 Å². The molecule has 21 heavy (non-hydrogen) atoms. The molecule has 116 valence electrons. The summed E-state index contributed by atoms with van der Waals surface area (Å²) < 4.78 is 5.29. The van der Waals surface area contributed by atoms with E-state index >= 15 is 0 Å². The minimum absolute atomic E-state index is 0.0898. The molecule has 0 bridgehead atoms. The van der Waals surface area contributed by atoms with E-state index in [1.807, 2.05) is 24.3 Å². The first-order chi connectivity index (χ1) is 10.2. The number of aryl methyl sites for hydroxylation is 1. The normalized spacial score (nSPS) is 21.8. The molecule has 4 nitrogen and oxygen atoms in total. The maximum absolute atomic E-state index is 11.9. The van der Waals surface area contributed by atoms with E-state index in [4.69, 9.17) is 4.74 Å². The standard InChI is InChI=1S/C17H25NO3/c1-21-16-5-3-2-4-14(16)8-11-17(20)18-12-13-6-9-15(19)10-7-13/h2-5,13,15,19H,6-12H2,1H3,(H,18,20). The molecule has 0 saturated heterocycles. The monoisotopic (exact) mass is 291 g/mol. The minimum atomic E-state index is -0.137. The number of nitrogens with one attached hydrogen (secondary N) is 1. The van der Waals surface area contributed by atoms with E-state index < -0.39 is 0 Å². The first-order valence-electron chi connectivity index (χ1n) is 7.75. The molecule has 0 aromatic heterocycles. The van der Waals surface area contributed by atoms with Gasteiger partial charge in [0, 0.05) is 13.0 Å². The second-order valence-corrected chi connectivity index (χ2v) is 5.79. The first-order valence-corrected chi connectivity index (χ1v) is 7.75. The van der Waals surface area contributed by atoms with Crippen molar-refractivity contribution in [3.05, 3.63) is 29.8 Å². The number of hydrogen-bond acceptors (Lipinski definition) is 3. The van der Waals surface area contributed by atoms with E-state index in [-0.39, 0.29) is 12.0 Å². The van der Waals surface area contributed by atoms with Gasteiger partial charge in [0.25, 0.3) is 0 Å². The van der Waals surface area contributed by atoms with Crippen molar-refractivity contribution in [1.82, 2.24) is 5.32 Å². The molecule has 0 aliphatic heterocycles. The van der Waals surface area contributed by atoms with Gasteiger partial charge in [-0.2, -0.15) is 0 Å². The predicted molar refractivity (Wildman–Crippen MR) is 82.3 cm³/mol. The molecule has 1 aromatic carbocycles. The summed E-state index contributed by atoms with van der Waals surface area (Å²) in [4.78, 5) is 11.9. The molecule has 2 N–H and O–H groups in total. The van der Waals surface area contributed by atoms with E-state index in [9.17, 15) is 9.90 Å². The average molecular weight is 291 g/mol. The molecule has 0 unspecified atom stereocenters. The number of ether oxygens (including phenoxy) is 1. The highest BCUT2D eigenvalue weighted by Gasteiger charge is 2.19. The summed E-state index contributed by atoms with van der Waals surface area (Å²) in [6.45, 7) is 0.734. The summed E-state index contributed by atoms with van der Waals surface area (Å²) in [7, 11) is 1.65. The smallest absolute Gasteiger partial charge is 0.220 e. The zero-order valence-electron chi connectivity index (χ0n) is 12.7. The number of carbonyl (C=O) groups excluding carboxylic acids is 1. The molecule has 0 atom stereocenters. The van der Waals surface area contributed by atoms with Crippen LogP contribution < -0.4 is 10.1 Å². The van der Waals surface area contributed by atoms with Crippen molar-refractivity contribution in [1.29, 1.82) is 0 Å². The van der Waals surface area contributed by atoms with Gasteiger partial charge in [-0.1, -0.05) is 18.2 Å². The molecule has 2 rings (SSSR count). The first kappa shape index (κ1) is 15.8. The van der Waals surface area contributed by atoms with Gasteiger partial charge in [0.2, 0.25) is 5.91 Å². The Morgan fingerprint density at radius 3 is 2.71 bits per heavy atom. The maximum atomic E-state index is 11.9. The van der Waals surface area contributed by atoms with Gasteiger partial charge >= 0.3 is 0 Å². The van der Waals surface area contributed by atoms with Crippen molar-refractivity contribution in [2.24, 2.45) is 5.92 Å². The van der Waals surface area contributed by atoms with Crippen molar-refractivity contribution >= 4 is 5.91 Å². The Labute approximate surface area is 126 Å². The highest BCUT2D eigenvalue weighted by molar-refractivity contribution is 5.76. The van der Waals surface area contributed by atoms with E-state index in [0.29, 0.717) is 18.8 Å². The summed E-state index contributed by atoms with van der Waals surface area (Å²) in [6.07, 6.45) is 4.78. The van der Waals surface area contributed by atoms with Gasteiger partial charge in [0.05, 0.1) is 13.2 Å². The third kappa shape index (κ3) is 5.05. The summed E-state index contributed by atoms with van der Waals surface area (Å²) in [6, 6.07) is 7.80. The summed E-state index contributed by atoms with van der Waals surface area (Å²) >= 11 is 0. The lowest BCUT2D eigenvalue weighted by atomic mass is 9.87. The van der Waals surface area contributed by atoms with Gasteiger partial charge < -0.3 is 15.2 Å². The molecule has 1 amide bonds. The van der Waals surface area contributed by atoms with Crippen LogP contribution in [0.5, 0.6) is 5.75 Å². The van der Waals surface area contributed by atoms with Crippen molar-refractivity contribution in [2.45, 2.75) is 44.6 Å². The van der Waals surface area contributed by atoms with E-state index in [2.05, 4.69) is 5.32 Å². The number of methoxy groups -OCH3 is 1. The van der Waals surface area contributed by atoms with Crippen LogP contribution in [0.25, 0.3) is 0 Å². The number of amides is 1. The molecule has 0 radical (unpaired) electrons. The highest BCUT2D eigenvalue weighted by Crippen LogP contribution is 2.23. The van der Waals surface area contributed by atoms with Crippen molar-refractivity contribution in [3.63, 3.8) is 0 Å². The van der Waals surface area contributed by atoms with Crippen molar-refractivity contribution < 1.29 is 14.6 Å². The Balaban J connectivity index is 1.70. The third-order valence-corrected chi connectivity index (χ3v) is 4.22. The van der Waals surface area contributed by atoms with Gasteiger partial charge in [-0.3, -0.25) is 4.79 Å². The zero-order valence-corrected chi connectivity index (χ0v) is 12.7. The number of hydrogen-bond donors (Lipinski definition) is 2. The molecule has 1 saturated carbocycles. The zero-order chi connectivity index (χ0) is 15.1. The molecule has 0 spiro atoms. The Morgan fingerprint density at radius 2 is 2.00 bits per heavy atom. The van der Waals surface area contributed by atoms with Crippen LogP contribution >= 0.6 is 0 Å². The molecule has 1 aliphatic rings. The fourth-order valence-electron chi connectivity index (χ4n) is 2.85. The number of aliphatic hydroxyl groups excluding tert-OH is 1. The second kappa shape index (κ2) is 8.03. The molecule has 1 aromatic rings. The minimum Gasteiger partial charge on any atom is -0.496 e. The number of carbonyl (C=O) groups is 1. The Hall–Kier alpha value is -1.55. The predicted octanol–water partition coefficient (Wildman–Crippen LogP) is 2.30. The summed E-state index contributed by atoms with van der Waals surface area (Å²) in [5.41, 5.74) is 1.07. The topological polar surface area (TPSA) is 58.6 Å². The van der Waals surface area contributed by atoms with E-state index in [1.54, 1.807) is 7.11 Å². The second-order valence-electron chi connectivity index (χ2n) is 5.79. The van der Waals surface area contributed by atoms with Gasteiger partial charge in [-0.05, 0) is 49.7 Å². The van der Waals surface area contributed by atoms with Gasteiger partial charge in [-0.25, -0.2) is 0 Å². The SMILES string of the molecule is COc1ccccc1CCC(=O)NCC1CCC(O)CC1. The number of para-hydroxylation sites is 1. The Morgan fingerprint density at radius 1 is 1.29 bits per heavy atom. The van der Waals surface area contributed by atoms with Crippen LogP contribution in [0.1, 0.15) is 37.7 Å². The number of rotatable bonds is 6. The van der Waals surface area contributed by atoms with Crippen LogP contribution in [-0.2, 0) is 11.2 Å². The lowest BCUT2D eigenvalue weighted by molar-refractivity contribution is -0.121. The quantitative estimate of drug-likeness (QED) is 0.845. The number of benzene rings is 1. The van der Waals surface area contributed by atoms with Gasteiger partial charge in [-0.15, -0.1) is 0 Å². The number of aliphatic hydroxyl groups is 1. The molecular formula is C17H25NO3. The van der Waals surface area contributed by atoms with Gasteiger partial charge in [0.1, 0.15) is 5.75 Å². The fraction of sp³-hybridized carbons (Fsp3) is 0.588. The largest absolute Gasteiger partial charge is 0.496 e. The molecule has 1 fully saturated rings. The van der Waals surface area contributed by atoms with Crippen LogP contribution in [0.4, 0.5) is 0 Å². The lowest BCUT2D eigenvalue weighted by Crippen LogP contribution is -2.32. The lowest BCUT2D eigenvalue weighted by Gasteiger charge is -2.25. The van der Waals surface area contributed by atoms with Crippen molar-refractivity contribution in [3.8, 4) is 5.75 Å². The van der Waals surface area contributed by atoms with E-state index in [1.165, 1.54) is 0 Å².